The molecule has 122 valence electrons. The number of phenols is 1. The molecule has 2 aromatic rings. The molecule has 2 rings (SSSR count). The number of halogens is 1. The average Bonchev–Trinajstić information content (AvgIpc) is 2.54. The van der Waals surface area contributed by atoms with Gasteiger partial charge in [-0.05, 0) is 41.3 Å². The van der Waals surface area contributed by atoms with Crippen molar-refractivity contribution in [2.75, 3.05) is 6.61 Å². The number of nitrogens with one attached hydrogen (secondary N) is 1. The molecule has 1 amide bonds. The molecule has 3 N–H and O–H groups in total. The Hall–Kier alpha value is -2.04. The third-order valence-electron chi connectivity index (χ3n) is 3.75. The first kappa shape index (κ1) is 17.3. The Labute approximate surface area is 140 Å². The summed E-state index contributed by atoms with van der Waals surface area (Å²) in [5.41, 5.74) is 2.28. The summed E-state index contributed by atoms with van der Waals surface area (Å²) in [4.78, 5) is 12.2. The summed E-state index contributed by atoms with van der Waals surface area (Å²) in [6.45, 7) is 3.80. The third kappa shape index (κ3) is 4.24. The van der Waals surface area contributed by atoms with Gasteiger partial charge in [0.2, 0.25) is 0 Å². The van der Waals surface area contributed by atoms with E-state index in [2.05, 4.69) is 5.32 Å². The van der Waals surface area contributed by atoms with E-state index in [0.29, 0.717) is 5.56 Å². The van der Waals surface area contributed by atoms with E-state index in [1.165, 1.54) is 6.07 Å². The molecule has 23 heavy (non-hydrogen) atoms. The Morgan fingerprint density at radius 3 is 2.26 bits per heavy atom. The van der Waals surface area contributed by atoms with E-state index >= 15 is 0 Å². The van der Waals surface area contributed by atoms with Crippen molar-refractivity contribution in [3.8, 4) is 16.9 Å². The Bertz CT molecular complexity index is 683. The van der Waals surface area contributed by atoms with Gasteiger partial charge in [-0.25, -0.2) is 0 Å². The Kier molecular flexibility index (Phi) is 5.64. The topological polar surface area (TPSA) is 69.6 Å². The lowest BCUT2D eigenvalue weighted by molar-refractivity contribution is 0.0897. The summed E-state index contributed by atoms with van der Waals surface area (Å²) >= 11 is 5.91. The van der Waals surface area contributed by atoms with Gasteiger partial charge in [0.25, 0.3) is 5.91 Å². The van der Waals surface area contributed by atoms with E-state index in [9.17, 15) is 15.0 Å². The maximum atomic E-state index is 12.2. The fraction of sp³-hybridized carbons (Fsp3) is 0.278. The van der Waals surface area contributed by atoms with Gasteiger partial charge in [0.15, 0.2) is 0 Å². The number of aliphatic hydroxyl groups excluding tert-OH is 1. The molecule has 1 atom stereocenters. The quantitative estimate of drug-likeness (QED) is 0.784. The second-order valence-electron chi connectivity index (χ2n) is 5.75. The average molecular weight is 334 g/mol. The van der Waals surface area contributed by atoms with Crippen LogP contribution in [0.15, 0.2) is 42.5 Å². The zero-order valence-electron chi connectivity index (χ0n) is 13.1. The van der Waals surface area contributed by atoms with E-state index in [1.807, 2.05) is 26.0 Å². The predicted molar refractivity (Wildman–Crippen MR) is 91.7 cm³/mol. The highest BCUT2D eigenvalue weighted by Crippen LogP contribution is 2.29. The summed E-state index contributed by atoms with van der Waals surface area (Å²) in [6.07, 6.45) is 0. The van der Waals surface area contributed by atoms with Crippen LogP contribution in [0.25, 0.3) is 11.1 Å². The summed E-state index contributed by atoms with van der Waals surface area (Å²) < 4.78 is 0. The van der Waals surface area contributed by atoms with Crippen molar-refractivity contribution in [1.82, 2.24) is 5.32 Å². The molecule has 0 bridgehead atoms. The van der Waals surface area contributed by atoms with Crippen LogP contribution < -0.4 is 5.32 Å². The molecule has 1 unspecified atom stereocenters. The molecular formula is C18H20ClNO3. The molecule has 0 fully saturated rings. The first-order valence-electron chi connectivity index (χ1n) is 7.43. The van der Waals surface area contributed by atoms with Crippen molar-refractivity contribution in [1.29, 1.82) is 0 Å². The number of hydrogen-bond donors (Lipinski definition) is 3. The van der Waals surface area contributed by atoms with Crippen molar-refractivity contribution in [2.45, 2.75) is 19.9 Å². The molecule has 2 aromatic carbocycles. The molecule has 0 spiro atoms. The van der Waals surface area contributed by atoms with Crippen molar-refractivity contribution in [3.05, 3.63) is 53.1 Å². The lowest BCUT2D eigenvalue weighted by atomic mass is 10.0. The lowest BCUT2D eigenvalue weighted by Gasteiger charge is -2.19. The first-order valence-corrected chi connectivity index (χ1v) is 7.81. The van der Waals surface area contributed by atoms with Crippen molar-refractivity contribution in [2.24, 2.45) is 5.92 Å². The van der Waals surface area contributed by atoms with Crippen LogP contribution in [0.5, 0.6) is 5.75 Å². The number of rotatable bonds is 5. The standard InChI is InChI=1S/C18H20ClNO3/c1-11(2)16(10-21)20-18(23)13-5-3-12(4-6-13)14-7-8-17(22)15(19)9-14/h3-9,11,16,21-22H,10H2,1-2H3,(H,20,23). The zero-order valence-corrected chi connectivity index (χ0v) is 13.8. The number of aliphatic hydroxyl groups is 1. The van der Waals surface area contributed by atoms with Crippen molar-refractivity contribution >= 4 is 17.5 Å². The first-order chi connectivity index (χ1) is 10.9. The molecule has 5 heteroatoms. The van der Waals surface area contributed by atoms with Crippen LogP contribution in [0.2, 0.25) is 5.02 Å². The van der Waals surface area contributed by atoms with Crippen LogP contribution in [0.4, 0.5) is 0 Å². The smallest absolute Gasteiger partial charge is 0.251 e. The van der Waals surface area contributed by atoms with Crippen LogP contribution in [0, 0.1) is 5.92 Å². The number of hydrogen-bond acceptors (Lipinski definition) is 3. The van der Waals surface area contributed by atoms with E-state index in [1.54, 1.807) is 24.3 Å². The van der Waals surface area contributed by atoms with E-state index in [4.69, 9.17) is 11.6 Å². The monoisotopic (exact) mass is 333 g/mol. The van der Waals surface area contributed by atoms with Gasteiger partial charge >= 0.3 is 0 Å². The zero-order chi connectivity index (χ0) is 17.0. The summed E-state index contributed by atoms with van der Waals surface area (Å²) in [7, 11) is 0. The highest BCUT2D eigenvalue weighted by Gasteiger charge is 2.16. The van der Waals surface area contributed by atoms with Crippen LogP contribution in [-0.4, -0.2) is 28.8 Å². The van der Waals surface area contributed by atoms with Gasteiger partial charge in [-0.3, -0.25) is 4.79 Å². The molecule has 0 aliphatic carbocycles. The molecule has 0 aliphatic heterocycles. The van der Waals surface area contributed by atoms with Crippen molar-refractivity contribution in [3.63, 3.8) is 0 Å². The fourth-order valence-corrected chi connectivity index (χ4v) is 2.36. The van der Waals surface area contributed by atoms with E-state index in [-0.39, 0.29) is 35.2 Å². The number of benzene rings is 2. The van der Waals surface area contributed by atoms with Gasteiger partial charge in [0.05, 0.1) is 17.7 Å². The summed E-state index contributed by atoms with van der Waals surface area (Å²) in [5, 5.41) is 21.8. The molecule has 0 saturated carbocycles. The molecule has 0 radical (unpaired) electrons. The van der Waals surface area contributed by atoms with Gasteiger partial charge in [-0.2, -0.15) is 0 Å². The molecule has 4 nitrogen and oxygen atoms in total. The number of phenolic OH excluding ortho intramolecular Hbond substituents is 1. The second kappa shape index (κ2) is 7.49. The van der Waals surface area contributed by atoms with Crippen LogP contribution in [0.3, 0.4) is 0 Å². The van der Waals surface area contributed by atoms with Gasteiger partial charge in [0, 0.05) is 5.56 Å². The van der Waals surface area contributed by atoms with Crippen LogP contribution in [-0.2, 0) is 0 Å². The molecular weight excluding hydrogens is 314 g/mol. The number of aromatic hydroxyl groups is 1. The lowest BCUT2D eigenvalue weighted by Crippen LogP contribution is -2.41. The number of carbonyl (C=O) groups is 1. The molecule has 0 aliphatic rings. The van der Waals surface area contributed by atoms with E-state index < -0.39 is 0 Å². The summed E-state index contributed by atoms with van der Waals surface area (Å²) in [5.74, 6) is -0.0226. The van der Waals surface area contributed by atoms with E-state index in [0.717, 1.165) is 11.1 Å². The maximum absolute atomic E-state index is 12.2. The molecule has 0 heterocycles. The Morgan fingerprint density at radius 2 is 1.74 bits per heavy atom. The Morgan fingerprint density at radius 1 is 1.13 bits per heavy atom. The fourth-order valence-electron chi connectivity index (χ4n) is 2.18. The van der Waals surface area contributed by atoms with Crippen LogP contribution >= 0.6 is 11.6 Å². The van der Waals surface area contributed by atoms with Gasteiger partial charge in [-0.15, -0.1) is 0 Å². The largest absolute Gasteiger partial charge is 0.506 e. The van der Waals surface area contributed by atoms with Crippen LogP contribution in [0.1, 0.15) is 24.2 Å². The third-order valence-corrected chi connectivity index (χ3v) is 4.05. The summed E-state index contributed by atoms with van der Waals surface area (Å²) in [6, 6.07) is 11.8. The number of amides is 1. The normalized spacial score (nSPS) is 12.2. The highest BCUT2D eigenvalue weighted by molar-refractivity contribution is 6.32. The van der Waals surface area contributed by atoms with Gasteiger partial charge in [0.1, 0.15) is 5.75 Å². The molecule has 0 saturated heterocycles. The van der Waals surface area contributed by atoms with Gasteiger partial charge < -0.3 is 15.5 Å². The number of carbonyl (C=O) groups excluding carboxylic acids is 1. The van der Waals surface area contributed by atoms with Gasteiger partial charge in [-0.1, -0.05) is 43.6 Å². The van der Waals surface area contributed by atoms with Crippen molar-refractivity contribution < 1.29 is 15.0 Å². The second-order valence-corrected chi connectivity index (χ2v) is 6.16. The Balaban J connectivity index is 2.15. The predicted octanol–water partition coefficient (Wildman–Crippen LogP) is 3.46. The minimum atomic E-state index is -0.266. The highest BCUT2D eigenvalue weighted by atomic mass is 35.5. The maximum Gasteiger partial charge on any atom is 0.251 e. The molecule has 0 aromatic heterocycles. The minimum absolute atomic E-state index is 0.0372. The SMILES string of the molecule is CC(C)C(CO)NC(=O)c1ccc(-c2ccc(O)c(Cl)c2)cc1. The minimum Gasteiger partial charge on any atom is -0.506 e.